The van der Waals surface area contributed by atoms with Crippen LogP contribution in [0.4, 0.5) is 0 Å². The van der Waals surface area contributed by atoms with Crippen molar-refractivity contribution >= 4 is 38.8 Å². The van der Waals surface area contributed by atoms with Crippen molar-refractivity contribution in [1.82, 2.24) is 0 Å². The summed E-state index contributed by atoms with van der Waals surface area (Å²) in [6.45, 7) is 2.00. The van der Waals surface area contributed by atoms with Gasteiger partial charge in [-0.1, -0.05) is 37.6 Å². The normalized spacial score (nSPS) is 11.6. The molecule has 0 aliphatic rings. The quantitative estimate of drug-likeness (QED) is 0.242. The van der Waals surface area contributed by atoms with Gasteiger partial charge in [-0.25, -0.2) is 16.8 Å². The summed E-state index contributed by atoms with van der Waals surface area (Å²) in [6.07, 6.45) is 2.43. The molecule has 27 heavy (non-hydrogen) atoms. The molecule has 0 heterocycles. The van der Waals surface area contributed by atoms with E-state index in [9.17, 15) is 25.9 Å². The Bertz CT molecular complexity index is 889. The first kappa shape index (κ1) is 27.7. The second-order valence-electron chi connectivity index (χ2n) is 5.41. The van der Waals surface area contributed by atoms with Gasteiger partial charge in [0.05, 0.1) is 9.79 Å². The molecule has 0 radical (unpaired) electrons. The molecule has 0 amide bonds. The summed E-state index contributed by atoms with van der Waals surface area (Å²) in [5, 5.41) is 1.31. The molecule has 2 rings (SSSR count). The summed E-state index contributed by atoms with van der Waals surface area (Å²) in [5.74, 6) is 0. The van der Waals surface area contributed by atoms with Gasteiger partial charge in [0, 0.05) is 0 Å². The molecule has 136 valence electrons. The Labute approximate surface area is 206 Å². The van der Waals surface area contributed by atoms with E-state index in [1.165, 1.54) is 36.4 Å². The average Bonchev–Trinajstić information content (AvgIpc) is 2.54. The van der Waals surface area contributed by atoms with E-state index in [1.54, 1.807) is 12.1 Å². The molecule has 0 aliphatic carbocycles. The Balaban J connectivity index is 0.00000338. The van der Waals surface area contributed by atoms with E-state index >= 15 is 0 Å². The standard InChI is InChI=1S/C16H19O6PS2.2Na/c1-2-3-10-23(13-6-4-8-15(11-13)24(17,18)19)14-7-5-9-16(12-14)25(20,21)22;;/h4-9,11-12H,2-3,10H2,1H3,(H,17,18,19)(H,20,21,22);;/q;2*+1/p-2. The average molecular weight is 446 g/mol. The minimum atomic E-state index is -4.58. The summed E-state index contributed by atoms with van der Waals surface area (Å²) in [7, 11) is -10.2. The number of benzene rings is 2. The largest absolute Gasteiger partial charge is 1.00 e. The maximum Gasteiger partial charge on any atom is 1.00 e. The number of rotatable bonds is 7. The minimum absolute atomic E-state index is 0. The van der Waals surface area contributed by atoms with E-state index in [0.29, 0.717) is 16.8 Å². The fourth-order valence-corrected chi connectivity index (χ4v) is 6.11. The van der Waals surface area contributed by atoms with E-state index < -0.39 is 28.2 Å². The zero-order valence-electron chi connectivity index (χ0n) is 15.5. The second-order valence-corrected chi connectivity index (χ2v) is 10.5. The maximum atomic E-state index is 11.3. The Morgan fingerprint density at radius 3 is 1.56 bits per heavy atom. The molecule has 0 bridgehead atoms. The summed E-state index contributed by atoms with van der Waals surface area (Å²) in [4.78, 5) is -0.636. The third-order valence-electron chi connectivity index (χ3n) is 3.57. The summed E-state index contributed by atoms with van der Waals surface area (Å²) < 4.78 is 67.6. The van der Waals surface area contributed by atoms with Crippen molar-refractivity contribution in [2.45, 2.75) is 29.6 Å². The fourth-order valence-electron chi connectivity index (χ4n) is 2.34. The van der Waals surface area contributed by atoms with Crippen LogP contribution < -0.4 is 69.7 Å². The van der Waals surface area contributed by atoms with E-state index in [4.69, 9.17) is 0 Å². The molecule has 0 saturated heterocycles. The van der Waals surface area contributed by atoms with Crippen LogP contribution >= 0.6 is 7.92 Å². The molecule has 2 aromatic rings. The van der Waals surface area contributed by atoms with Crippen LogP contribution in [0.2, 0.25) is 0 Å². The predicted molar refractivity (Wildman–Crippen MR) is 94.8 cm³/mol. The molecule has 0 atom stereocenters. The number of unbranched alkanes of at least 4 members (excludes halogenated alkanes) is 1. The molecular weight excluding hydrogens is 429 g/mol. The van der Waals surface area contributed by atoms with Crippen LogP contribution in [0.1, 0.15) is 19.8 Å². The molecule has 11 heteroatoms. The Kier molecular flexibility index (Phi) is 12.1. The first-order valence-corrected chi connectivity index (χ1v) is 11.9. The van der Waals surface area contributed by atoms with Gasteiger partial charge in [0.1, 0.15) is 20.2 Å². The van der Waals surface area contributed by atoms with E-state index in [2.05, 4.69) is 0 Å². The van der Waals surface area contributed by atoms with Crippen LogP contribution in [-0.2, 0) is 20.2 Å². The van der Waals surface area contributed by atoms with E-state index in [0.717, 1.165) is 12.8 Å². The zero-order chi connectivity index (χ0) is 18.7. The summed E-state index contributed by atoms with van der Waals surface area (Å²) >= 11 is 0. The molecule has 0 aliphatic heterocycles. The number of hydrogen-bond acceptors (Lipinski definition) is 6. The summed E-state index contributed by atoms with van der Waals surface area (Å²) in [5.41, 5.74) is 0. The number of hydrogen-bond donors (Lipinski definition) is 0. The van der Waals surface area contributed by atoms with Crippen LogP contribution in [0.5, 0.6) is 0 Å². The molecule has 6 nitrogen and oxygen atoms in total. The Hall–Kier alpha value is 0.690. The van der Waals surface area contributed by atoms with Gasteiger partial charge >= 0.3 is 59.1 Å². The van der Waals surface area contributed by atoms with Gasteiger partial charge in [-0.15, -0.1) is 0 Å². The van der Waals surface area contributed by atoms with Crippen molar-refractivity contribution in [3.05, 3.63) is 48.5 Å². The first-order valence-electron chi connectivity index (χ1n) is 7.52. The van der Waals surface area contributed by atoms with E-state index in [1.807, 2.05) is 6.92 Å². The molecule has 0 aromatic heterocycles. The topological polar surface area (TPSA) is 114 Å². The van der Waals surface area contributed by atoms with Crippen LogP contribution in [0.25, 0.3) is 0 Å². The van der Waals surface area contributed by atoms with Gasteiger partial charge in [-0.05, 0) is 55.4 Å². The van der Waals surface area contributed by atoms with Crippen molar-refractivity contribution in [3.63, 3.8) is 0 Å². The minimum Gasteiger partial charge on any atom is -0.744 e. The Morgan fingerprint density at radius 2 is 1.22 bits per heavy atom. The zero-order valence-corrected chi connectivity index (χ0v) is 22.0. The van der Waals surface area contributed by atoms with Crippen LogP contribution in [0.15, 0.2) is 58.3 Å². The van der Waals surface area contributed by atoms with Crippen molar-refractivity contribution in [2.75, 3.05) is 6.16 Å². The molecule has 0 fully saturated rings. The molecule has 0 spiro atoms. The summed E-state index contributed by atoms with van der Waals surface area (Å²) in [6, 6.07) is 11.6. The first-order chi connectivity index (χ1) is 11.6. The van der Waals surface area contributed by atoms with E-state index in [-0.39, 0.29) is 68.9 Å². The fraction of sp³-hybridized carbons (Fsp3) is 0.250. The maximum absolute atomic E-state index is 11.3. The second kappa shape index (κ2) is 11.8. The molecular formula is C16H17Na2O6PS2. The predicted octanol–water partition coefficient (Wildman–Crippen LogP) is -4.26. The van der Waals surface area contributed by atoms with Crippen molar-refractivity contribution in [3.8, 4) is 0 Å². The van der Waals surface area contributed by atoms with Crippen molar-refractivity contribution in [2.24, 2.45) is 0 Å². The third-order valence-corrected chi connectivity index (χ3v) is 7.80. The molecule has 0 unspecified atom stereocenters. The van der Waals surface area contributed by atoms with Gasteiger partial charge in [0.25, 0.3) is 0 Å². The van der Waals surface area contributed by atoms with Gasteiger partial charge in [0.15, 0.2) is 0 Å². The van der Waals surface area contributed by atoms with Crippen LogP contribution in [-0.4, -0.2) is 32.1 Å². The molecule has 0 saturated carbocycles. The Morgan fingerprint density at radius 1 is 0.815 bits per heavy atom. The van der Waals surface area contributed by atoms with Gasteiger partial charge in [-0.2, -0.15) is 0 Å². The third kappa shape index (κ3) is 8.15. The SMILES string of the molecule is CCCCP(c1cccc(S(=O)(=O)[O-])c1)c1cccc(S(=O)(=O)[O-])c1.[Na+].[Na+]. The van der Waals surface area contributed by atoms with Gasteiger partial charge in [0.2, 0.25) is 0 Å². The smallest absolute Gasteiger partial charge is 0.744 e. The molecule has 2 aromatic carbocycles. The molecule has 0 N–H and O–H groups in total. The van der Waals surface area contributed by atoms with Crippen LogP contribution in [0, 0.1) is 0 Å². The monoisotopic (exact) mass is 446 g/mol. The van der Waals surface area contributed by atoms with Crippen molar-refractivity contribution in [1.29, 1.82) is 0 Å². The van der Waals surface area contributed by atoms with Gasteiger partial charge < -0.3 is 9.11 Å². The van der Waals surface area contributed by atoms with Crippen LogP contribution in [0.3, 0.4) is 0 Å². The van der Waals surface area contributed by atoms with Crippen molar-refractivity contribution < 1.29 is 85.1 Å². The van der Waals surface area contributed by atoms with Gasteiger partial charge in [-0.3, -0.25) is 0 Å².